The Labute approximate surface area is 120 Å². The largest absolute Gasteiger partial charge is 0.350 e. The van der Waals surface area contributed by atoms with Crippen molar-refractivity contribution in [1.82, 2.24) is 34.1 Å². The van der Waals surface area contributed by atoms with Crippen molar-refractivity contribution in [1.29, 1.82) is 0 Å². The summed E-state index contributed by atoms with van der Waals surface area (Å²) in [7, 11) is 2.03. The summed E-state index contributed by atoms with van der Waals surface area (Å²) in [5.41, 5.74) is 2.27. The van der Waals surface area contributed by atoms with Crippen LogP contribution in [0.1, 0.15) is 11.7 Å². The molecule has 0 radical (unpaired) electrons. The van der Waals surface area contributed by atoms with E-state index in [1.165, 1.54) is 12.7 Å². The predicted octanol–water partition coefficient (Wildman–Crippen LogP) is 1.46. The molecule has 0 amide bonds. The van der Waals surface area contributed by atoms with E-state index in [-0.39, 0.29) is 6.17 Å². The van der Waals surface area contributed by atoms with E-state index in [0.717, 1.165) is 16.5 Å². The number of aromatic nitrogens is 7. The molecular formula is C14H13N7. The summed E-state index contributed by atoms with van der Waals surface area (Å²) in [4.78, 5) is 8.10. The summed E-state index contributed by atoms with van der Waals surface area (Å²) in [6, 6.07) is 8.27. The third-order valence-electron chi connectivity index (χ3n) is 3.58. The van der Waals surface area contributed by atoms with E-state index in [0.29, 0.717) is 0 Å². The van der Waals surface area contributed by atoms with Gasteiger partial charge >= 0.3 is 0 Å². The molecule has 1 aromatic carbocycles. The predicted molar refractivity (Wildman–Crippen MR) is 76.5 cm³/mol. The minimum Gasteiger partial charge on any atom is -0.350 e. The lowest BCUT2D eigenvalue weighted by Gasteiger charge is -2.16. The van der Waals surface area contributed by atoms with Crippen molar-refractivity contribution in [2.75, 3.05) is 0 Å². The molecule has 7 nitrogen and oxygen atoms in total. The maximum atomic E-state index is 4.27. The Morgan fingerprint density at radius 2 is 1.62 bits per heavy atom. The van der Waals surface area contributed by atoms with E-state index < -0.39 is 0 Å². The molecule has 4 rings (SSSR count). The molecule has 0 aliphatic carbocycles. The smallest absolute Gasteiger partial charge is 0.174 e. The summed E-state index contributed by atoms with van der Waals surface area (Å²) in [5.74, 6) is 0. The number of hydrogen-bond donors (Lipinski definition) is 0. The topological polar surface area (TPSA) is 66.3 Å². The summed E-state index contributed by atoms with van der Waals surface area (Å²) in [5, 5.41) is 9.71. The third-order valence-corrected chi connectivity index (χ3v) is 3.58. The van der Waals surface area contributed by atoms with Crippen LogP contribution in [-0.2, 0) is 7.05 Å². The van der Waals surface area contributed by atoms with Crippen molar-refractivity contribution < 1.29 is 0 Å². The molecule has 3 aromatic heterocycles. The lowest BCUT2D eigenvalue weighted by molar-refractivity contribution is 0.418. The van der Waals surface area contributed by atoms with Crippen LogP contribution in [0.5, 0.6) is 0 Å². The maximum absolute atomic E-state index is 4.27. The number of para-hydroxylation sites is 1. The van der Waals surface area contributed by atoms with Gasteiger partial charge in [-0.25, -0.2) is 19.3 Å². The molecule has 0 unspecified atom stereocenters. The van der Waals surface area contributed by atoms with Gasteiger partial charge in [0.1, 0.15) is 25.3 Å². The van der Waals surface area contributed by atoms with Crippen LogP contribution >= 0.6 is 0 Å². The first-order chi connectivity index (χ1) is 10.3. The van der Waals surface area contributed by atoms with Crippen molar-refractivity contribution in [3.8, 4) is 0 Å². The quantitative estimate of drug-likeness (QED) is 0.569. The molecular weight excluding hydrogens is 266 g/mol. The minimum atomic E-state index is -0.207. The molecule has 0 N–H and O–H groups in total. The van der Waals surface area contributed by atoms with Gasteiger partial charge < -0.3 is 4.57 Å². The van der Waals surface area contributed by atoms with Crippen LogP contribution < -0.4 is 0 Å². The highest BCUT2D eigenvalue weighted by molar-refractivity contribution is 5.84. The molecule has 104 valence electrons. The zero-order valence-corrected chi connectivity index (χ0v) is 11.4. The molecule has 0 aliphatic heterocycles. The van der Waals surface area contributed by atoms with Crippen LogP contribution in [0.15, 0.2) is 55.8 Å². The summed E-state index contributed by atoms with van der Waals surface area (Å²) >= 11 is 0. The minimum absolute atomic E-state index is 0.207. The van der Waals surface area contributed by atoms with Crippen molar-refractivity contribution in [2.24, 2.45) is 7.05 Å². The average Bonchev–Trinajstić information content (AvgIpc) is 3.24. The Bertz CT molecular complexity index is 824. The van der Waals surface area contributed by atoms with Gasteiger partial charge in [0.15, 0.2) is 6.17 Å². The van der Waals surface area contributed by atoms with Crippen molar-refractivity contribution in [2.45, 2.75) is 6.17 Å². The first-order valence-corrected chi connectivity index (χ1v) is 6.57. The molecule has 7 heteroatoms. The third kappa shape index (κ3) is 1.82. The van der Waals surface area contributed by atoms with Crippen LogP contribution in [0.4, 0.5) is 0 Å². The van der Waals surface area contributed by atoms with Gasteiger partial charge in [-0.1, -0.05) is 18.2 Å². The molecule has 3 heterocycles. The lowest BCUT2D eigenvalue weighted by atomic mass is 10.1. The van der Waals surface area contributed by atoms with E-state index in [9.17, 15) is 0 Å². The van der Waals surface area contributed by atoms with Crippen LogP contribution in [0.3, 0.4) is 0 Å². The van der Waals surface area contributed by atoms with Crippen molar-refractivity contribution >= 4 is 10.9 Å². The second kappa shape index (κ2) is 4.55. The Morgan fingerprint density at radius 3 is 2.24 bits per heavy atom. The Kier molecular flexibility index (Phi) is 2.56. The number of benzene rings is 1. The Morgan fingerprint density at radius 1 is 0.952 bits per heavy atom. The van der Waals surface area contributed by atoms with E-state index in [2.05, 4.69) is 43.1 Å². The first-order valence-electron chi connectivity index (χ1n) is 6.57. The fraction of sp³-hybridized carbons (Fsp3) is 0.143. The number of hydrogen-bond acceptors (Lipinski definition) is 4. The Balaban J connectivity index is 1.98. The van der Waals surface area contributed by atoms with Crippen LogP contribution in [-0.4, -0.2) is 34.1 Å². The van der Waals surface area contributed by atoms with E-state index >= 15 is 0 Å². The number of nitrogens with zero attached hydrogens (tertiary/aromatic N) is 7. The van der Waals surface area contributed by atoms with Gasteiger partial charge in [0.05, 0.1) is 0 Å². The maximum Gasteiger partial charge on any atom is 0.174 e. The average molecular weight is 279 g/mol. The zero-order valence-electron chi connectivity index (χ0n) is 11.4. The van der Waals surface area contributed by atoms with Crippen molar-refractivity contribution in [3.63, 3.8) is 0 Å². The SMILES string of the molecule is Cn1cc(C(n2cncn2)n2cncn2)c2ccccc21. The molecule has 0 atom stereocenters. The van der Waals surface area contributed by atoms with Crippen LogP contribution in [0.2, 0.25) is 0 Å². The van der Waals surface area contributed by atoms with Crippen molar-refractivity contribution in [3.05, 3.63) is 61.3 Å². The lowest BCUT2D eigenvalue weighted by Crippen LogP contribution is -2.20. The van der Waals surface area contributed by atoms with E-state index in [1.54, 1.807) is 22.0 Å². The molecule has 0 saturated carbocycles. The molecule has 21 heavy (non-hydrogen) atoms. The molecule has 0 saturated heterocycles. The summed E-state index contributed by atoms with van der Waals surface area (Å²) in [6.07, 6.45) is 8.31. The van der Waals surface area contributed by atoms with Gasteiger partial charge in [-0.05, 0) is 6.07 Å². The first kappa shape index (κ1) is 11.8. The van der Waals surface area contributed by atoms with Gasteiger partial charge in [0.25, 0.3) is 0 Å². The molecule has 0 fully saturated rings. The standard InChI is InChI=1S/C14H13N7/c1-19-6-12(11-4-2-3-5-13(11)19)14(20-9-15-7-17-20)21-10-16-8-18-21/h2-10,14H,1H3. The van der Waals surface area contributed by atoms with Gasteiger partial charge in [-0.15, -0.1) is 0 Å². The number of fused-ring (bicyclic) bond motifs is 1. The van der Waals surface area contributed by atoms with E-state index in [4.69, 9.17) is 0 Å². The Hall–Kier alpha value is -2.96. The van der Waals surface area contributed by atoms with Crippen LogP contribution in [0, 0.1) is 0 Å². The summed E-state index contributed by atoms with van der Waals surface area (Å²) in [6.45, 7) is 0. The number of rotatable bonds is 3. The molecule has 0 bridgehead atoms. The fourth-order valence-corrected chi connectivity index (χ4v) is 2.67. The second-order valence-corrected chi connectivity index (χ2v) is 4.84. The highest BCUT2D eigenvalue weighted by atomic mass is 15.5. The summed E-state index contributed by atoms with van der Waals surface area (Å²) < 4.78 is 5.65. The molecule has 4 aromatic rings. The highest BCUT2D eigenvalue weighted by Crippen LogP contribution is 2.28. The van der Waals surface area contributed by atoms with Gasteiger partial charge in [0, 0.05) is 29.7 Å². The van der Waals surface area contributed by atoms with E-state index in [1.807, 2.05) is 19.2 Å². The van der Waals surface area contributed by atoms with Gasteiger partial charge in [-0.2, -0.15) is 10.2 Å². The van der Waals surface area contributed by atoms with Gasteiger partial charge in [-0.3, -0.25) is 0 Å². The normalized spacial score (nSPS) is 11.5. The second-order valence-electron chi connectivity index (χ2n) is 4.84. The molecule has 0 aliphatic rings. The number of aryl methyl sites for hydroxylation is 1. The molecule has 0 spiro atoms. The van der Waals surface area contributed by atoms with Crippen LogP contribution in [0.25, 0.3) is 10.9 Å². The monoisotopic (exact) mass is 279 g/mol. The van der Waals surface area contributed by atoms with Gasteiger partial charge in [0.2, 0.25) is 0 Å². The highest BCUT2D eigenvalue weighted by Gasteiger charge is 2.21. The zero-order chi connectivity index (χ0) is 14.2. The fourth-order valence-electron chi connectivity index (χ4n) is 2.67.